The van der Waals surface area contributed by atoms with Crippen LogP contribution in [0.5, 0.6) is 0 Å². The third-order valence-corrected chi connectivity index (χ3v) is 3.64. The zero-order valence-corrected chi connectivity index (χ0v) is 11.2. The molecule has 1 rings (SSSR count). The van der Waals surface area contributed by atoms with Crippen molar-refractivity contribution in [2.24, 2.45) is 5.41 Å². The second-order valence-corrected chi connectivity index (χ2v) is 5.47. The van der Waals surface area contributed by atoms with Crippen molar-refractivity contribution >= 4 is 0 Å². The molecule has 1 aliphatic rings. The third-order valence-electron chi connectivity index (χ3n) is 3.64. The summed E-state index contributed by atoms with van der Waals surface area (Å²) in [7, 11) is 0. The predicted molar refractivity (Wildman–Crippen MR) is 68.8 cm³/mol. The number of piperazine rings is 1. The van der Waals surface area contributed by atoms with Crippen LogP contribution in [0, 0.1) is 5.41 Å². The first kappa shape index (κ1) is 13.9. The Balaban J connectivity index is 1.95. The van der Waals surface area contributed by atoms with Crippen molar-refractivity contribution in [2.45, 2.75) is 33.6 Å². The van der Waals surface area contributed by atoms with Crippen LogP contribution in [0.15, 0.2) is 0 Å². The van der Waals surface area contributed by atoms with Crippen molar-refractivity contribution in [3.05, 3.63) is 0 Å². The van der Waals surface area contributed by atoms with Gasteiger partial charge in [0.25, 0.3) is 0 Å². The fraction of sp³-hybridized carbons (Fsp3) is 1.00. The molecule has 0 aromatic heterocycles. The minimum Gasteiger partial charge on any atom is -0.380 e. The number of rotatable bonds is 7. The van der Waals surface area contributed by atoms with Crippen molar-refractivity contribution in [3.63, 3.8) is 0 Å². The Kier molecular flexibility index (Phi) is 6.32. The van der Waals surface area contributed by atoms with E-state index in [-0.39, 0.29) is 0 Å². The van der Waals surface area contributed by atoms with Crippen LogP contribution in [0.1, 0.15) is 33.6 Å². The lowest BCUT2D eigenvalue weighted by molar-refractivity contribution is 0.0783. The standard InChI is InChI=1S/C13H28N2O/c1-4-13(2,3)5-11-16-12-10-15-8-6-14-7-9-15/h14H,4-12H2,1-3H3. The van der Waals surface area contributed by atoms with Gasteiger partial charge in [-0.1, -0.05) is 27.2 Å². The van der Waals surface area contributed by atoms with Gasteiger partial charge in [0.2, 0.25) is 0 Å². The average molecular weight is 228 g/mol. The summed E-state index contributed by atoms with van der Waals surface area (Å²) in [4.78, 5) is 2.47. The molecule has 0 aromatic carbocycles. The van der Waals surface area contributed by atoms with Gasteiger partial charge >= 0.3 is 0 Å². The van der Waals surface area contributed by atoms with E-state index in [1.165, 1.54) is 25.9 Å². The van der Waals surface area contributed by atoms with E-state index in [9.17, 15) is 0 Å². The molecule has 1 fully saturated rings. The van der Waals surface area contributed by atoms with Crippen LogP contribution < -0.4 is 5.32 Å². The van der Waals surface area contributed by atoms with E-state index in [0.29, 0.717) is 5.41 Å². The highest BCUT2D eigenvalue weighted by atomic mass is 16.5. The van der Waals surface area contributed by atoms with Gasteiger partial charge in [-0.15, -0.1) is 0 Å². The quantitative estimate of drug-likeness (QED) is 0.672. The highest BCUT2D eigenvalue weighted by molar-refractivity contribution is 4.67. The molecule has 1 N–H and O–H groups in total. The monoisotopic (exact) mass is 228 g/mol. The van der Waals surface area contributed by atoms with E-state index in [4.69, 9.17) is 4.74 Å². The van der Waals surface area contributed by atoms with Crippen LogP contribution in [-0.2, 0) is 4.74 Å². The van der Waals surface area contributed by atoms with Crippen molar-refractivity contribution in [2.75, 3.05) is 45.9 Å². The van der Waals surface area contributed by atoms with Gasteiger partial charge in [-0.05, 0) is 11.8 Å². The Morgan fingerprint density at radius 3 is 2.50 bits per heavy atom. The lowest BCUT2D eigenvalue weighted by Crippen LogP contribution is -2.44. The van der Waals surface area contributed by atoms with E-state index >= 15 is 0 Å². The largest absolute Gasteiger partial charge is 0.380 e. The molecular weight excluding hydrogens is 200 g/mol. The van der Waals surface area contributed by atoms with Crippen LogP contribution in [0.3, 0.4) is 0 Å². The summed E-state index contributed by atoms with van der Waals surface area (Å²) in [5.41, 5.74) is 0.440. The molecule has 3 nitrogen and oxygen atoms in total. The van der Waals surface area contributed by atoms with Crippen LogP contribution in [0.2, 0.25) is 0 Å². The zero-order chi connectivity index (χ0) is 11.9. The van der Waals surface area contributed by atoms with Gasteiger partial charge in [0.15, 0.2) is 0 Å². The van der Waals surface area contributed by atoms with Gasteiger partial charge in [0, 0.05) is 39.3 Å². The lowest BCUT2D eigenvalue weighted by Gasteiger charge is -2.27. The number of nitrogens with one attached hydrogen (secondary N) is 1. The van der Waals surface area contributed by atoms with Gasteiger partial charge in [-0.2, -0.15) is 0 Å². The van der Waals surface area contributed by atoms with Crippen molar-refractivity contribution in [1.82, 2.24) is 10.2 Å². The van der Waals surface area contributed by atoms with Gasteiger partial charge in [0.1, 0.15) is 0 Å². The van der Waals surface area contributed by atoms with E-state index < -0.39 is 0 Å². The maximum absolute atomic E-state index is 5.71. The Morgan fingerprint density at radius 1 is 1.19 bits per heavy atom. The Bertz CT molecular complexity index is 177. The van der Waals surface area contributed by atoms with E-state index in [1.54, 1.807) is 0 Å². The van der Waals surface area contributed by atoms with Crippen molar-refractivity contribution in [3.8, 4) is 0 Å². The second kappa shape index (κ2) is 7.25. The normalized spacial score (nSPS) is 18.9. The zero-order valence-electron chi connectivity index (χ0n) is 11.2. The summed E-state index contributed by atoms with van der Waals surface area (Å²) in [5, 5.41) is 3.36. The van der Waals surface area contributed by atoms with Gasteiger partial charge in [-0.3, -0.25) is 4.90 Å². The van der Waals surface area contributed by atoms with Crippen molar-refractivity contribution < 1.29 is 4.74 Å². The lowest BCUT2D eigenvalue weighted by atomic mass is 9.87. The highest BCUT2D eigenvalue weighted by Gasteiger charge is 2.14. The summed E-state index contributed by atoms with van der Waals surface area (Å²) in [6.07, 6.45) is 2.40. The molecule has 16 heavy (non-hydrogen) atoms. The van der Waals surface area contributed by atoms with E-state index in [0.717, 1.165) is 32.8 Å². The number of hydrogen-bond donors (Lipinski definition) is 1. The summed E-state index contributed by atoms with van der Waals surface area (Å²) >= 11 is 0. The van der Waals surface area contributed by atoms with Gasteiger partial charge in [-0.25, -0.2) is 0 Å². The number of nitrogens with zero attached hydrogens (tertiary/aromatic N) is 1. The summed E-state index contributed by atoms with van der Waals surface area (Å²) in [5.74, 6) is 0. The van der Waals surface area contributed by atoms with Crippen molar-refractivity contribution in [1.29, 1.82) is 0 Å². The topological polar surface area (TPSA) is 24.5 Å². The Hall–Kier alpha value is -0.120. The maximum atomic E-state index is 5.71. The molecule has 1 heterocycles. The molecule has 0 atom stereocenters. The van der Waals surface area contributed by atoms with Crippen LogP contribution in [0.4, 0.5) is 0 Å². The van der Waals surface area contributed by atoms with Crippen LogP contribution in [0.25, 0.3) is 0 Å². The summed E-state index contributed by atoms with van der Waals surface area (Å²) in [6, 6.07) is 0. The number of ether oxygens (including phenoxy) is 1. The fourth-order valence-corrected chi connectivity index (χ4v) is 1.76. The minimum atomic E-state index is 0.440. The Labute approximate surface area is 101 Å². The molecule has 0 radical (unpaired) electrons. The first-order chi connectivity index (χ1) is 7.64. The second-order valence-electron chi connectivity index (χ2n) is 5.47. The molecule has 0 amide bonds. The molecule has 0 aliphatic carbocycles. The molecule has 0 aromatic rings. The molecule has 1 aliphatic heterocycles. The van der Waals surface area contributed by atoms with Gasteiger partial charge in [0.05, 0.1) is 6.61 Å². The molecule has 0 spiro atoms. The Morgan fingerprint density at radius 2 is 1.88 bits per heavy atom. The SMILES string of the molecule is CCC(C)(C)CCOCCN1CCNCC1. The summed E-state index contributed by atoms with van der Waals surface area (Å²) in [6.45, 7) is 14.4. The highest BCUT2D eigenvalue weighted by Crippen LogP contribution is 2.23. The number of hydrogen-bond acceptors (Lipinski definition) is 3. The summed E-state index contributed by atoms with van der Waals surface area (Å²) < 4.78 is 5.71. The molecule has 0 saturated carbocycles. The predicted octanol–water partition coefficient (Wildman–Crippen LogP) is 1.73. The first-order valence-electron chi connectivity index (χ1n) is 6.65. The third kappa shape index (κ3) is 5.83. The fourth-order valence-electron chi connectivity index (χ4n) is 1.76. The average Bonchev–Trinajstić information content (AvgIpc) is 2.30. The van der Waals surface area contributed by atoms with E-state index in [2.05, 4.69) is 31.0 Å². The molecular formula is C13H28N2O. The molecule has 1 saturated heterocycles. The first-order valence-corrected chi connectivity index (χ1v) is 6.65. The minimum absolute atomic E-state index is 0.440. The van der Waals surface area contributed by atoms with Crippen LogP contribution >= 0.6 is 0 Å². The maximum Gasteiger partial charge on any atom is 0.0593 e. The molecule has 96 valence electrons. The molecule has 3 heteroatoms. The van der Waals surface area contributed by atoms with Crippen LogP contribution in [-0.4, -0.2) is 50.8 Å². The van der Waals surface area contributed by atoms with E-state index in [1.807, 2.05) is 0 Å². The smallest absolute Gasteiger partial charge is 0.0593 e. The molecule has 0 unspecified atom stereocenters. The molecule has 0 bridgehead atoms. The van der Waals surface area contributed by atoms with Gasteiger partial charge < -0.3 is 10.1 Å².